The van der Waals surface area contributed by atoms with Gasteiger partial charge in [-0.05, 0) is 30.6 Å². The highest BCUT2D eigenvalue weighted by Gasteiger charge is 2.32. The predicted molar refractivity (Wildman–Crippen MR) is 62.6 cm³/mol. The minimum atomic E-state index is 0.331. The maximum atomic E-state index is 4.74. The van der Waals surface area contributed by atoms with Crippen LogP contribution in [0.3, 0.4) is 0 Å². The molecule has 2 heteroatoms. The molecular formula is C12H25NO. The molecule has 0 aromatic heterocycles. The molecule has 2 nitrogen and oxygen atoms in total. The monoisotopic (exact) mass is 199 g/mol. The van der Waals surface area contributed by atoms with Crippen molar-refractivity contribution in [2.24, 2.45) is 16.0 Å². The van der Waals surface area contributed by atoms with E-state index in [1.54, 1.807) is 7.11 Å². The Morgan fingerprint density at radius 1 is 1.14 bits per heavy atom. The summed E-state index contributed by atoms with van der Waals surface area (Å²) in [5, 5.41) is 3.93. The molecule has 0 spiro atoms. The minimum absolute atomic E-state index is 0.331. The van der Waals surface area contributed by atoms with Crippen LogP contribution in [0.25, 0.3) is 0 Å². The Morgan fingerprint density at radius 2 is 1.64 bits per heavy atom. The smallest absolute Gasteiger partial charge is 0.106 e. The van der Waals surface area contributed by atoms with Gasteiger partial charge in [-0.2, -0.15) is 0 Å². The summed E-state index contributed by atoms with van der Waals surface area (Å²) >= 11 is 0. The van der Waals surface area contributed by atoms with Gasteiger partial charge < -0.3 is 4.84 Å². The van der Waals surface area contributed by atoms with E-state index in [0.29, 0.717) is 10.8 Å². The van der Waals surface area contributed by atoms with E-state index in [1.165, 1.54) is 0 Å². The molecule has 14 heavy (non-hydrogen) atoms. The maximum absolute atomic E-state index is 4.74. The summed E-state index contributed by atoms with van der Waals surface area (Å²) in [6, 6.07) is 0. The number of hydrogen-bond acceptors (Lipinski definition) is 2. The van der Waals surface area contributed by atoms with Crippen LogP contribution in [0.4, 0.5) is 0 Å². The lowest BCUT2D eigenvalue weighted by Gasteiger charge is -2.39. The summed E-state index contributed by atoms with van der Waals surface area (Å²) in [5.74, 6) is 0. The zero-order valence-electron chi connectivity index (χ0n) is 10.8. The Balaban J connectivity index is 4.20. The van der Waals surface area contributed by atoms with Gasteiger partial charge >= 0.3 is 0 Å². The van der Waals surface area contributed by atoms with Crippen molar-refractivity contribution in [2.45, 2.75) is 54.4 Å². The lowest BCUT2D eigenvalue weighted by atomic mass is 9.67. The van der Waals surface area contributed by atoms with Gasteiger partial charge in [-0.3, -0.25) is 0 Å². The van der Waals surface area contributed by atoms with E-state index < -0.39 is 0 Å². The first-order valence-corrected chi connectivity index (χ1v) is 5.27. The molecule has 0 atom stereocenters. The van der Waals surface area contributed by atoms with Crippen LogP contribution >= 0.6 is 0 Å². The van der Waals surface area contributed by atoms with Crippen LogP contribution in [0.5, 0.6) is 0 Å². The number of hydrogen-bond donors (Lipinski definition) is 0. The molecule has 0 fully saturated rings. The van der Waals surface area contributed by atoms with Gasteiger partial charge in [0, 0.05) is 0 Å². The zero-order valence-corrected chi connectivity index (χ0v) is 10.8. The van der Waals surface area contributed by atoms with E-state index in [0.717, 1.165) is 18.6 Å². The second kappa shape index (κ2) is 4.81. The van der Waals surface area contributed by atoms with E-state index >= 15 is 0 Å². The molecule has 0 saturated heterocycles. The van der Waals surface area contributed by atoms with Crippen LogP contribution in [-0.2, 0) is 4.84 Å². The molecule has 0 aromatic carbocycles. The van der Waals surface area contributed by atoms with Crippen LogP contribution in [0.15, 0.2) is 5.16 Å². The standard InChI is InChI=1S/C12H25NO/c1-10(13-14-7)8-9-12(5,6)11(2,3)4/h8-9H2,1-7H3. The summed E-state index contributed by atoms with van der Waals surface area (Å²) in [5.41, 5.74) is 1.74. The van der Waals surface area contributed by atoms with E-state index in [4.69, 9.17) is 4.84 Å². The molecule has 0 unspecified atom stereocenters. The lowest BCUT2D eigenvalue weighted by molar-refractivity contribution is 0.122. The van der Waals surface area contributed by atoms with Gasteiger partial charge in [-0.25, -0.2) is 0 Å². The van der Waals surface area contributed by atoms with Crippen molar-refractivity contribution in [3.8, 4) is 0 Å². The Hall–Kier alpha value is -0.530. The predicted octanol–water partition coefficient (Wildman–Crippen LogP) is 3.86. The summed E-state index contributed by atoms with van der Waals surface area (Å²) in [6.07, 6.45) is 2.16. The molecule has 0 rings (SSSR count). The van der Waals surface area contributed by atoms with Crippen molar-refractivity contribution in [1.82, 2.24) is 0 Å². The fourth-order valence-electron chi connectivity index (χ4n) is 1.07. The van der Waals surface area contributed by atoms with Crippen LogP contribution in [0, 0.1) is 10.8 Å². The highest BCUT2D eigenvalue weighted by Crippen LogP contribution is 2.41. The average Bonchev–Trinajstić information content (AvgIpc) is 1.99. The highest BCUT2D eigenvalue weighted by molar-refractivity contribution is 5.81. The first-order valence-electron chi connectivity index (χ1n) is 5.27. The van der Waals surface area contributed by atoms with Gasteiger partial charge in [0.25, 0.3) is 0 Å². The SMILES string of the molecule is CON=C(C)CCC(C)(C)C(C)(C)C. The van der Waals surface area contributed by atoms with Crippen molar-refractivity contribution in [2.75, 3.05) is 7.11 Å². The summed E-state index contributed by atoms with van der Waals surface area (Å²) in [6.45, 7) is 13.5. The second-order valence-electron chi connectivity index (χ2n) is 5.64. The third-order valence-electron chi connectivity index (χ3n) is 3.39. The fraction of sp³-hybridized carbons (Fsp3) is 0.917. The van der Waals surface area contributed by atoms with Gasteiger partial charge in [0.2, 0.25) is 0 Å². The Morgan fingerprint density at radius 3 is 2.00 bits per heavy atom. The van der Waals surface area contributed by atoms with Gasteiger partial charge in [0.05, 0.1) is 5.71 Å². The molecule has 0 radical (unpaired) electrons. The molecule has 0 saturated carbocycles. The number of oxime groups is 1. The molecular weight excluding hydrogens is 174 g/mol. The number of nitrogens with zero attached hydrogens (tertiary/aromatic N) is 1. The van der Waals surface area contributed by atoms with Crippen LogP contribution in [0.2, 0.25) is 0 Å². The molecule has 0 aliphatic heterocycles. The fourth-order valence-corrected chi connectivity index (χ4v) is 1.07. The molecule has 0 bridgehead atoms. The van der Waals surface area contributed by atoms with Crippen LogP contribution < -0.4 is 0 Å². The molecule has 0 heterocycles. The van der Waals surface area contributed by atoms with Crippen molar-refractivity contribution in [3.63, 3.8) is 0 Å². The molecule has 0 aliphatic rings. The minimum Gasteiger partial charge on any atom is -0.399 e. The van der Waals surface area contributed by atoms with Gasteiger partial charge in [-0.1, -0.05) is 39.8 Å². The van der Waals surface area contributed by atoms with Gasteiger partial charge in [-0.15, -0.1) is 0 Å². The van der Waals surface area contributed by atoms with Crippen molar-refractivity contribution < 1.29 is 4.84 Å². The van der Waals surface area contributed by atoms with Crippen molar-refractivity contribution in [1.29, 1.82) is 0 Å². The van der Waals surface area contributed by atoms with Crippen molar-refractivity contribution in [3.05, 3.63) is 0 Å². The maximum Gasteiger partial charge on any atom is 0.106 e. The first kappa shape index (κ1) is 13.5. The molecule has 0 aromatic rings. The number of rotatable bonds is 4. The molecule has 84 valence electrons. The third kappa shape index (κ3) is 4.12. The molecule has 0 N–H and O–H groups in total. The van der Waals surface area contributed by atoms with E-state index in [2.05, 4.69) is 39.8 Å². The van der Waals surface area contributed by atoms with Crippen molar-refractivity contribution >= 4 is 5.71 Å². The summed E-state index contributed by atoms with van der Waals surface area (Å²) in [4.78, 5) is 4.74. The second-order valence-corrected chi connectivity index (χ2v) is 5.64. The molecule has 0 aliphatic carbocycles. The zero-order chi connectivity index (χ0) is 11.4. The summed E-state index contributed by atoms with van der Waals surface area (Å²) in [7, 11) is 1.60. The first-order chi connectivity index (χ1) is 6.20. The Bertz CT molecular complexity index is 199. The Kier molecular flexibility index (Phi) is 4.63. The van der Waals surface area contributed by atoms with Gasteiger partial charge in [0.15, 0.2) is 0 Å². The van der Waals surface area contributed by atoms with E-state index in [1.807, 2.05) is 6.92 Å². The molecule has 0 amide bonds. The summed E-state index contributed by atoms with van der Waals surface area (Å²) < 4.78 is 0. The third-order valence-corrected chi connectivity index (χ3v) is 3.39. The van der Waals surface area contributed by atoms with E-state index in [9.17, 15) is 0 Å². The topological polar surface area (TPSA) is 21.6 Å². The normalized spacial score (nSPS) is 14.4. The van der Waals surface area contributed by atoms with Crippen LogP contribution in [-0.4, -0.2) is 12.8 Å². The van der Waals surface area contributed by atoms with E-state index in [-0.39, 0.29) is 0 Å². The largest absolute Gasteiger partial charge is 0.399 e. The lowest BCUT2D eigenvalue weighted by Crippen LogP contribution is -2.30. The Labute approximate surface area is 88.7 Å². The highest BCUT2D eigenvalue weighted by atomic mass is 16.6. The van der Waals surface area contributed by atoms with Gasteiger partial charge in [0.1, 0.15) is 7.11 Å². The quantitative estimate of drug-likeness (QED) is 0.497. The van der Waals surface area contributed by atoms with Crippen LogP contribution in [0.1, 0.15) is 54.4 Å². The average molecular weight is 199 g/mol.